The third-order valence-corrected chi connectivity index (χ3v) is 7.29. The fourth-order valence-electron chi connectivity index (χ4n) is 4.58. The minimum absolute atomic E-state index is 0.0372. The van der Waals surface area contributed by atoms with E-state index in [0.717, 1.165) is 36.8 Å². The van der Waals surface area contributed by atoms with Crippen LogP contribution in [-0.4, -0.2) is 28.0 Å². The van der Waals surface area contributed by atoms with Crippen LogP contribution in [-0.2, 0) is 9.59 Å². The van der Waals surface area contributed by atoms with Gasteiger partial charge in [-0.3, -0.25) is 14.5 Å². The molecule has 3 rings (SSSR count). The lowest BCUT2D eigenvalue weighted by Crippen LogP contribution is -2.41. The van der Waals surface area contributed by atoms with Gasteiger partial charge in [-0.05, 0) is 25.3 Å². The predicted molar refractivity (Wildman–Crippen MR) is 127 cm³/mol. The molecule has 0 unspecified atom stereocenters. The minimum Gasteiger partial charge on any atom is -0.271 e. The van der Waals surface area contributed by atoms with Crippen molar-refractivity contribution in [2.75, 3.05) is 0 Å². The topological polar surface area (TPSA) is 37.4 Å². The first-order valence-corrected chi connectivity index (χ1v) is 12.7. The third-order valence-electron chi connectivity index (χ3n) is 6.21. The van der Waals surface area contributed by atoms with Crippen molar-refractivity contribution in [1.82, 2.24) is 4.90 Å². The Kier molecular flexibility index (Phi) is 8.61. The van der Waals surface area contributed by atoms with Gasteiger partial charge in [-0.1, -0.05) is 101 Å². The van der Waals surface area contributed by atoms with Gasteiger partial charge in [0.25, 0.3) is 11.8 Å². The fourth-order valence-corrected chi connectivity index (χ4v) is 5.57. The highest BCUT2D eigenvalue weighted by Crippen LogP contribution is 2.40. The first-order valence-electron chi connectivity index (χ1n) is 11.8. The number of imide groups is 1. The number of aryl methyl sites for hydroxylation is 1. The van der Waals surface area contributed by atoms with Crippen molar-refractivity contribution in [3.8, 4) is 0 Å². The van der Waals surface area contributed by atoms with Gasteiger partial charge in [0.15, 0.2) is 0 Å². The lowest BCUT2D eigenvalue weighted by Gasteiger charge is -2.27. The van der Waals surface area contributed by atoms with E-state index in [1.807, 2.05) is 31.2 Å². The number of thioether (sulfide) groups is 1. The molecule has 0 N–H and O–H groups in total. The van der Waals surface area contributed by atoms with Crippen LogP contribution in [0.15, 0.2) is 29.2 Å². The number of rotatable bonds is 4. The van der Waals surface area contributed by atoms with Crippen molar-refractivity contribution in [2.24, 2.45) is 0 Å². The van der Waals surface area contributed by atoms with Crippen LogP contribution in [0, 0.1) is 6.92 Å². The summed E-state index contributed by atoms with van der Waals surface area (Å²) in [6.07, 6.45) is 13.1. The Morgan fingerprint density at radius 2 is 1.30 bits per heavy atom. The molecule has 164 valence electrons. The number of hydrogen-bond donors (Lipinski definition) is 0. The number of amides is 2. The molecule has 0 bridgehead atoms. The average molecular weight is 428 g/mol. The maximum atomic E-state index is 13.6. The number of nitrogens with zero attached hydrogens (tertiary/aromatic N) is 1. The molecule has 1 heterocycles. The Morgan fingerprint density at radius 3 is 1.80 bits per heavy atom. The van der Waals surface area contributed by atoms with Gasteiger partial charge in [0, 0.05) is 11.3 Å². The summed E-state index contributed by atoms with van der Waals surface area (Å²) >= 11 is 1.54. The Hall–Kier alpha value is -1.55. The van der Waals surface area contributed by atoms with Crippen molar-refractivity contribution >= 4 is 29.1 Å². The standard InChI is InChI=1S/C26H37NO2S/c1-19(2)30-24-23(21-17-15-20(3)16-18-21)25(28)27(26(24)29)22-13-11-9-7-5-4-6-8-10-12-14-22/h15-19,22H,4-14H2,1-3H3. The van der Waals surface area contributed by atoms with Gasteiger partial charge in [-0.15, -0.1) is 11.8 Å². The monoisotopic (exact) mass is 427 g/mol. The van der Waals surface area contributed by atoms with Gasteiger partial charge >= 0.3 is 0 Å². The van der Waals surface area contributed by atoms with Crippen LogP contribution in [0.5, 0.6) is 0 Å². The van der Waals surface area contributed by atoms with E-state index in [2.05, 4.69) is 13.8 Å². The second kappa shape index (κ2) is 11.2. The molecule has 0 spiro atoms. The van der Waals surface area contributed by atoms with Crippen molar-refractivity contribution in [3.63, 3.8) is 0 Å². The third kappa shape index (κ3) is 5.78. The number of carbonyl (C=O) groups is 2. The van der Waals surface area contributed by atoms with E-state index in [1.165, 1.54) is 56.7 Å². The Morgan fingerprint density at radius 1 is 0.800 bits per heavy atom. The molecule has 0 atom stereocenters. The van der Waals surface area contributed by atoms with Crippen molar-refractivity contribution in [1.29, 1.82) is 0 Å². The molecular weight excluding hydrogens is 390 g/mol. The van der Waals surface area contributed by atoms with Crippen LogP contribution in [0.4, 0.5) is 0 Å². The highest BCUT2D eigenvalue weighted by Gasteiger charge is 2.42. The van der Waals surface area contributed by atoms with Gasteiger partial charge in [0.1, 0.15) is 0 Å². The lowest BCUT2D eigenvalue weighted by molar-refractivity contribution is -0.139. The summed E-state index contributed by atoms with van der Waals surface area (Å²) in [5.74, 6) is -0.143. The summed E-state index contributed by atoms with van der Waals surface area (Å²) < 4.78 is 0. The second-order valence-electron chi connectivity index (χ2n) is 9.13. The van der Waals surface area contributed by atoms with Gasteiger partial charge in [-0.25, -0.2) is 0 Å². The maximum Gasteiger partial charge on any atom is 0.268 e. The minimum atomic E-state index is -0.0795. The van der Waals surface area contributed by atoms with E-state index in [1.54, 1.807) is 4.90 Å². The van der Waals surface area contributed by atoms with Crippen LogP contribution < -0.4 is 0 Å². The van der Waals surface area contributed by atoms with E-state index in [-0.39, 0.29) is 23.1 Å². The van der Waals surface area contributed by atoms with E-state index < -0.39 is 0 Å². The first-order chi connectivity index (χ1) is 14.5. The average Bonchev–Trinajstić information content (AvgIpc) is 2.93. The first kappa shape index (κ1) is 23.1. The number of benzene rings is 1. The molecule has 2 amide bonds. The summed E-state index contributed by atoms with van der Waals surface area (Å²) in [4.78, 5) is 29.4. The predicted octanol–water partition coefficient (Wildman–Crippen LogP) is 6.89. The molecule has 0 aromatic heterocycles. The lowest BCUT2D eigenvalue weighted by atomic mass is 9.96. The van der Waals surface area contributed by atoms with Gasteiger partial charge in [0.05, 0.1) is 10.5 Å². The molecule has 0 saturated heterocycles. The number of carbonyl (C=O) groups excluding carboxylic acids is 2. The molecule has 0 radical (unpaired) electrons. The zero-order valence-electron chi connectivity index (χ0n) is 18.9. The van der Waals surface area contributed by atoms with Crippen molar-refractivity contribution < 1.29 is 9.59 Å². The molecule has 1 fully saturated rings. The van der Waals surface area contributed by atoms with Crippen molar-refractivity contribution in [3.05, 3.63) is 40.3 Å². The largest absolute Gasteiger partial charge is 0.271 e. The number of hydrogen-bond acceptors (Lipinski definition) is 3. The van der Waals surface area contributed by atoms with Crippen LogP contribution in [0.3, 0.4) is 0 Å². The van der Waals surface area contributed by atoms with Gasteiger partial charge in [-0.2, -0.15) is 0 Å². The van der Waals surface area contributed by atoms with Crippen LogP contribution in [0.25, 0.3) is 5.57 Å². The smallest absolute Gasteiger partial charge is 0.268 e. The molecule has 4 heteroatoms. The molecule has 1 aliphatic carbocycles. The van der Waals surface area contributed by atoms with Gasteiger partial charge in [0.2, 0.25) is 0 Å². The summed E-state index contributed by atoms with van der Waals surface area (Å²) in [6, 6.07) is 8.06. The molecule has 30 heavy (non-hydrogen) atoms. The zero-order valence-corrected chi connectivity index (χ0v) is 19.7. The Labute approximate surface area is 186 Å². The molecule has 3 nitrogen and oxygen atoms in total. The van der Waals surface area contributed by atoms with Crippen molar-refractivity contribution in [2.45, 2.75) is 103 Å². The van der Waals surface area contributed by atoms with Crippen LogP contribution >= 0.6 is 11.8 Å². The van der Waals surface area contributed by atoms with Gasteiger partial charge < -0.3 is 0 Å². The fraction of sp³-hybridized carbons (Fsp3) is 0.615. The summed E-state index contributed by atoms with van der Waals surface area (Å²) in [5.41, 5.74) is 2.65. The summed E-state index contributed by atoms with van der Waals surface area (Å²) in [7, 11) is 0. The normalized spacial score (nSPS) is 20.6. The highest BCUT2D eigenvalue weighted by atomic mass is 32.2. The molecule has 2 aliphatic rings. The molecule has 1 saturated carbocycles. The summed E-state index contributed by atoms with van der Waals surface area (Å²) in [5, 5.41) is 0.258. The molecule has 1 aromatic carbocycles. The van der Waals surface area contributed by atoms with E-state index >= 15 is 0 Å². The van der Waals surface area contributed by atoms with Crippen LogP contribution in [0.1, 0.15) is 95.6 Å². The maximum absolute atomic E-state index is 13.6. The SMILES string of the molecule is Cc1ccc(C2=C(SC(C)C)C(=O)N(C3CCCCCCCCCCC3)C2=O)cc1. The van der Waals surface area contributed by atoms with E-state index in [0.29, 0.717) is 10.5 Å². The van der Waals surface area contributed by atoms with Crippen LogP contribution in [0.2, 0.25) is 0 Å². The van der Waals surface area contributed by atoms with E-state index in [9.17, 15) is 9.59 Å². The van der Waals surface area contributed by atoms with E-state index in [4.69, 9.17) is 0 Å². The Bertz CT molecular complexity index is 754. The molecule has 1 aliphatic heterocycles. The quantitative estimate of drug-likeness (QED) is 0.491. The zero-order chi connectivity index (χ0) is 21.5. The second-order valence-corrected chi connectivity index (χ2v) is 10.7. The molecule has 1 aromatic rings. The Balaban J connectivity index is 1.86. The highest BCUT2D eigenvalue weighted by molar-refractivity contribution is 8.04. The summed E-state index contributed by atoms with van der Waals surface area (Å²) in [6.45, 7) is 6.21. The molecular formula is C26H37NO2S.